The van der Waals surface area contributed by atoms with E-state index in [4.69, 9.17) is 0 Å². The van der Waals surface area contributed by atoms with Gasteiger partial charge in [0.25, 0.3) is 5.91 Å². The molecule has 5 rings (SSSR count). The fourth-order valence-electron chi connectivity index (χ4n) is 4.02. The van der Waals surface area contributed by atoms with E-state index in [0.29, 0.717) is 57.3 Å². The second-order valence-corrected chi connectivity index (χ2v) is 8.38. The van der Waals surface area contributed by atoms with Crippen LogP contribution in [0.5, 0.6) is 0 Å². The van der Waals surface area contributed by atoms with Crippen LogP contribution in [-0.2, 0) is 18.3 Å². The quantitative estimate of drug-likeness (QED) is 0.627. The van der Waals surface area contributed by atoms with E-state index in [1.165, 1.54) is 6.20 Å². The maximum atomic E-state index is 15.6. The number of hydrogen-bond acceptors (Lipinski definition) is 5. The SMILES string of the molecule is CNC(=O)c1cnc(NC(=O)C2CC2)c2c1C=C(c1cccc(-c3nc(C)n(C)n3)c1F)C2. The molecule has 1 fully saturated rings. The van der Waals surface area contributed by atoms with Crippen molar-refractivity contribution < 1.29 is 14.0 Å². The number of fused-ring (bicyclic) bond motifs is 1. The lowest BCUT2D eigenvalue weighted by molar-refractivity contribution is -0.117. The van der Waals surface area contributed by atoms with Gasteiger partial charge < -0.3 is 10.6 Å². The number of benzene rings is 1. The molecule has 2 heterocycles. The molecule has 2 aliphatic carbocycles. The second-order valence-electron chi connectivity index (χ2n) is 8.38. The Kier molecular flexibility index (Phi) is 5.03. The number of nitrogens with zero attached hydrogens (tertiary/aromatic N) is 4. The van der Waals surface area contributed by atoms with Crippen molar-refractivity contribution in [2.45, 2.75) is 26.2 Å². The van der Waals surface area contributed by atoms with Gasteiger partial charge in [-0.1, -0.05) is 12.1 Å². The highest BCUT2D eigenvalue weighted by atomic mass is 19.1. The first-order chi connectivity index (χ1) is 15.9. The summed E-state index contributed by atoms with van der Waals surface area (Å²) < 4.78 is 17.2. The van der Waals surface area contributed by atoms with Crippen LogP contribution in [0.1, 0.15) is 45.7 Å². The third-order valence-electron chi connectivity index (χ3n) is 6.14. The fourth-order valence-corrected chi connectivity index (χ4v) is 4.02. The minimum atomic E-state index is -0.430. The first-order valence-electron chi connectivity index (χ1n) is 10.8. The molecule has 2 amide bonds. The van der Waals surface area contributed by atoms with E-state index in [-0.39, 0.29) is 17.7 Å². The Bertz CT molecular complexity index is 1320. The molecule has 168 valence electrons. The minimum Gasteiger partial charge on any atom is -0.355 e. The second kappa shape index (κ2) is 7.91. The predicted octanol–water partition coefficient (Wildman–Crippen LogP) is 3.13. The zero-order chi connectivity index (χ0) is 23.3. The van der Waals surface area contributed by atoms with Crippen molar-refractivity contribution in [2.24, 2.45) is 13.0 Å². The van der Waals surface area contributed by atoms with Crippen LogP contribution in [0.4, 0.5) is 10.2 Å². The highest BCUT2D eigenvalue weighted by Gasteiger charge is 2.32. The summed E-state index contributed by atoms with van der Waals surface area (Å²) in [6.07, 6.45) is 5.32. The van der Waals surface area contributed by atoms with Gasteiger partial charge in [0.05, 0.1) is 11.1 Å². The molecule has 9 heteroatoms. The summed E-state index contributed by atoms with van der Waals surface area (Å²) in [5, 5.41) is 9.81. The topological polar surface area (TPSA) is 102 Å². The summed E-state index contributed by atoms with van der Waals surface area (Å²) in [7, 11) is 3.30. The van der Waals surface area contributed by atoms with Crippen LogP contribution in [0.25, 0.3) is 23.0 Å². The fraction of sp³-hybridized carbons (Fsp3) is 0.292. The van der Waals surface area contributed by atoms with Gasteiger partial charge in [-0.05, 0) is 43.0 Å². The predicted molar refractivity (Wildman–Crippen MR) is 122 cm³/mol. The summed E-state index contributed by atoms with van der Waals surface area (Å²) in [5.41, 5.74) is 3.12. The molecular formula is C24H23FN6O2. The van der Waals surface area contributed by atoms with Gasteiger partial charge in [-0.2, -0.15) is 5.10 Å². The first-order valence-corrected chi connectivity index (χ1v) is 10.8. The molecule has 0 bridgehead atoms. The van der Waals surface area contributed by atoms with Gasteiger partial charge in [-0.25, -0.2) is 14.4 Å². The third-order valence-corrected chi connectivity index (χ3v) is 6.14. The molecular weight excluding hydrogens is 423 g/mol. The lowest BCUT2D eigenvalue weighted by Gasteiger charge is -2.12. The lowest BCUT2D eigenvalue weighted by Crippen LogP contribution is -2.21. The Morgan fingerprint density at radius 3 is 2.64 bits per heavy atom. The largest absolute Gasteiger partial charge is 0.355 e. The molecule has 8 nitrogen and oxygen atoms in total. The van der Waals surface area contributed by atoms with Crippen LogP contribution in [0.15, 0.2) is 24.4 Å². The molecule has 33 heavy (non-hydrogen) atoms. The van der Waals surface area contributed by atoms with Crippen molar-refractivity contribution in [3.8, 4) is 11.4 Å². The molecule has 0 aliphatic heterocycles. The Balaban J connectivity index is 1.56. The summed E-state index contributed by atoms with van der Waals surface area (Å²) >= 11 is 0. The van der Waals surface area contributed by atoms with Crippen molar-refractivity contribution in [3.63, 3.8) is 0 Å². The number of hydrogen-bond donors (Lipinski definition) is 2. The van der Waals surface area contributed by atoms with Gasteiger partial charge in [0.2, 0.25) is 5.91 Å². The average molecular weight is 446 g/mol. The number of halogens is 1. The smallest absolute Gasteiger partial charge is 0.253 e. The van der Waals surface area contributed by atoms with Crippen LogP contribution in [0, 0.1) is 18.7 Å². The number of amides is 2. The zero-order valence-electron chi connectivity index (χ0n) is 18.6. The average Bonchev–Trinajstić information content (AvgIpc) is 3.48. The van der Waals surface area contributed by atoms with E-state index in [9.17, 15) is 9.59 Å². The van der Waals surface area contributed by atoms with Gasteiger partial charge in [0.15, 0.2) is 5.82 Å². The number of carbonyl (C=O) groups excluding carboxylic acids is 2. The van der Waals surface area contributed by atoms with Crippen molar-refractivity contribution in [1.29, 1.82) is 0 Å². The molecule has 1 aromatic carbocycles. The summed E-state index contributed by atoms with van der Waals surface area (Å²) in [6.45, 7) is 1.80. The molecule has 2 aliphatic rings. The maximum Gasteiger partial charge on any atom is 0.253 e. The number of carbonyl (C=O) groups is 2. The summed E-state index contributed by atoms with van der Waals surface area (Å²) in [6, 6.07) is 5.10. The van der Waals surface area contributed by atoms with E-state index in [1.807, 2.05) is 0 Å². The number of rotatable bonds is 5. The highest BCUT2D eigenvalue weighted by molar-refractivity contribution is 6.04. The molecule has 1 saturated carbocycles. The number of aryl methyl sites for hydroxylation is 2. The Labute approximate surface area is 189 Å². The number of pyridine rings is 1. The standard InChI is InChI=1S/C24H23FN6O2/c1-12-28-22(30-31(12)3)16-6-4-5-15(20(16)25)14-9-17-18(10-14)21(29-23(32)13-7-8-13)27-11-19(17)24(33)26-2/h4-6,9,11,13H,7-8,10H2,1-3H3,(H,26,33)(H,27,29,32). The zero-order valence-corrected chi connectivity index (χ0v) is 18.6. The van der Waals surface area contributed by atoms with Crippen LogP contribution in [0.2, 0.25) is 0 Å². The van der Waals surface area contributed by atoms with Crippen molar-refractivity contribution in [3.05, 3.63) is 58.3 Å². The summed E-state index contributed by atoms with van der Waals surface area (Å²) in [5.74, 6) is 0.627. The van der Waals surface area contributed by atoms with E-state index in [1.54, 1.807) is 50.0 Å². The molecule has 2 N–H and O–H groups in total. The Morgan fingerprint density at radius 2 is 1.97 bits per heavy atom. The van der Waals surface area contributed by atoms with Crippen molar-refractivity contribution in [2.75, 3.05) is 12.4 Å². The van der Waals surface area contributed by atoms with Crippen LogP contribution in [-0.4, -0.2) is 38.6 Å². The number of aromatic nitrogens is 4. The van der Waals surface area contributed by atoms with Crippen LogP contribution in [0.3, 0.4) is 0 Å². The van der Waals surface area contributed by atoms with E-state index in [0.717, 1.165) is 12.8 Å². The van der Waals surface area contributed by atoms with Crippen molar-refractivity contribution in [1.82, 2.24) is 25.1 Å². The molecule has 0 unspecified atom stereocenters. The normalized spacial score (nSPS) is 14.6. The first kappa shape index (κ1) is 21.0. The number of nitrogens with one attached hydrogen (secondary N) is 2. The molecule has 0 radical (unpaired) electrons. The molecule has 2 aromatic heterocycles. The Hall–Kier alpha value is -3.88. The van der Waals surface area contributed by atoms with E-state index < -0.39 is 5.82 Å². The Morgan fingerprint density at radius 1 is 1.21 bits per heavy atom. The van der Waals surface area contributed by atoms with Crippen LogP contribution >= 0.6 is 0 Å². The van der Waals surface area contributed by atoms with Crippen LogP contribution < -0.4 is 10.6 Å². The summed E-state index contributed by atoms with van der Waals surface area (Å²) in [4.78, 5) is 33.5. The van der Waals surface area contributed by atoms with Crippen molar-refractivity contribution >= 4 is 29.3 Å². The number of allylic oxidation sites excluding steroid dienone is 1. The van der Waals surface area contributed by atoms with Gasteiger partial charge in [-0.3, -0.25) is 14.3 Å². The van der Waals surface area contributed by atoms with E-state index >= 15 is 4.39 Å². The van der Waals surface area contributed by atoms with Gasteiger partial charge >= 0.3 is 0 Å². The minimum absolute atomic E-state index is 0.0124. The monoisotopic (exact) mass is 446 g/mol. The van der Waals surface area contributed by atoms with Gasteiger partial charge in [-0.15, -0.1) is 0 Å². The van der Waals surface area contributed by atoms with E-state index in [2.05, 4.69) is 25.7 Å². The molecule has 0 atom stereocenters. The lowest BCUT2D eigenvalue weighted by atomic mass is 10.00. The molecule has 0 saturated heterocycles. The highest BCUT2D eigenvalue weighted by Crippen LogP contribution is 2.39. The van der Waals surface area contributed by atoms with Gasteiger partial charge in [0.1, 0.15) is 17.5 Å². The third kappa shape index (κ3) is 3.69. The molecule has 0 spiro atoms. The molecule has 3 aromatic rings. The number of anilines is 1. The van der Waals surface area contributed by atoms with Gasteiger partial charge in [0, 0.05) is 43.8 Å². The maximum absolute atomic E-state index is 15.6.